The maximum Gasteiger partial charge on any atom is 0.303 e. The highest BCUT2D eigenvalue weighted by atomic mass is 16.4. The number of unbranched alkanes of at least 4 members (excludes halogenated alkanes) is 12. The molecule has 0 fully saturated rings. The summed E-state index contributed by atoms with van der Waals surface area (Å²) in [5, 5.41) is 8.77. The van der Waals surface area contributed by atoms with Gasteiger partial charge in [-0.3, -0.25) is 4.79 Å². The van der Waals surface area contributed by atoms with Crippen LogP contribution in [0.4, 0.5) is 0 Å². The van der Waals surface area contributed by atoms with E-state index in [1.807, 2.05) is 0 Å². The van der Waals surface area contributed by atoms with Crippen LogP contribution in [0, 0.1) is 0 Å². The molecular weight excluding hydrogens is 248 g/mol. The maximum absolute atomic E-state index is 10.8. The van der Waals surface area contributed by atoms with E-state index in [9.17, 15) is 4.79 Å². The van der Waals surface area contributed by atoms with Crippen LogP contribution in [0.2, 0.25) is 0 Å². The van der Waals surface area contributed by atoms with Crippen LogP contribution in [-0.2, 0) is 4.79 Å². The Balaban J connectivity index is 3.50. The molecule has 0 radical (unpaired) electrons. The summed E-state index contributed by atoms with van der Waals surface area (Å²) < 4.78 is 29.9. The fourth-order valence-corrected chi connectivity index (χ4v) is 2.37. The van der Waals surface area contributed by atoms with E-state index in [-0.39, 0.29) is 6.42 Å². The minimum absolute atomic E-state index is 0.0376. The number of hydrogen-bond donors (Lipinski definition) is 1. The molecule has 0 aliphatic heterocycles. The van der Waals surface area contributed by atoms with E-state index in [1.54, 1.807) is 0 Å². The minimum Gasteiger partial charge on any atom is -0.481 e. The molecule has 0 aliphatic carbocycles. The molecule has 0 unspecified atom stereocenters. The second kappa shape index (κ2) is 16.5. The number of hydrogen-bond acceptors (Lipinski definition) is 1. The van der Waals surface area contributed by atoms with Crippen molar-refractivity contribution in [3.63, 3.8) is 0 Å². The minimum atomic E-state index is -2.82. The topological polar surface area (TPSA) is 37.3 Å². The van der Waals surface area contributed by atoms with Crippen molar-refractivity contribution in [3.05, 3.63) is 0 Å². The zero-order valence-corrected chi connectivity index (χ0v) is 13.3. The Hall–Kier alpha value is -0.530. The van der Waals surface area contributed by atoms with Crippen LogP contribution in [0.5, 0.6) is 0 Å². The van der Waals surface area contributed by atoms with Crippen LogP contribution in [0.1, 0.15) is 115 Å². The molecular formula is C18H36O2. The van der Waals surface area contributed by atoms with Crippen LogP contribution in [0.25, 0.3) is 0 Å². The van der Waals surface area contributed by atoms with Crippen molar-refractivity contribution in [2.45, 2.75) is 110 Å². The molecule has 2 heteroatoms. The van der Waals surface area contributed by atoms with Crippen molar-refractivity contribution < 1.29 is 15.4 Å². The van der Waals surface area contributed by atoms with Gasteiger partial charge in [-0.05, 0) is 6.37 Å². The summed E-state index contributed by atoms with van der Waals surface area (Å²) >= 11 is 0. The predicted octanol–water partition coefficient (Wildman–Crippen LogP) is 6.33. The Kier molecular flexibility index (Phi) is 10.9. The summed E-state index contributed by atoms with van der Waals surface area (Å²) in [6.07, 6.45) is 10.2. The van der Waals surface area contributed by atoms with E-state index >= 15 is 0 Å². The van der Waals surface area contributed by atoms with Crippen LogP contribution >= 0.6 is 0 Å². The highest BCUT2D eigenvalue weighted by molar-refractivity contribution is 5.66. The standard InChI is InChI=1S/C18H36O2/c1-2-3-4-5-6-7-8-9-10-11-12-13-14-15-16-17-18(19)20/h2-17H2,1H3,(H,19,20)/i16D2,17D2. The van der Waals surface area contributed by atoms with Gasteiger partial charge in [-0.2, -0.15) is 0 Å². The van der Waals surface area contributed by atoms with Crippen molar-refractivity contribution in [1.82, 2.24) is 0 Å². The lowest BCUT2D eigenvalue weighted by Gasteiger charge is -2.03. The summed E-state index contributed by atoms with van der Waals surface area (Å²) in [5.74, 6) is -1.72. The van der Waals surface area contributed by atoms with Gasteiger partial charge in [0.1, 0.15) is 0 Å². The lowest BCUT2D eigenvalue weighted by molar-refractivity contribution is -0.137. The summed E-state index contributed by atoms with van der Waals surface area (Å²) in [7, 11) is 0. The molecule has 0 aromatic carbocycles. The van der Waals surface area contributed by atoms with Crippen molar-refractivity contribution >= 4 is 5.97 Å². The number of carboxylic acids is 1. The third-order valence-electron chi connectivity index (χ3n) is 3.60. The van der Waals surface area contributed by atoms with Gasteiger partial charge in [0.25, 0.3) is 0 Å². The van der Waals surface area contributed by atoms with Crippen LogP contribution in [0.3, 0.4) is 0 Å². The Bertz CT molecular complexity index is 333. The van der Waals surface area contributed by atoms with Gasteiger partial charge in [0, 0.05) is 11.9 Å². The van der Waals surface area contributed by atoms with E-state index in [4.69, 9.17) is 10.6 Å². The van der Waals surface area contributed by atoms with Gasteiger partial charge in [0.2, 0.25) is 0 Å². The second-order valence-electron chi connectivity index (χ2n) is 5.60. The first-order valence-electron chi connectivity index (χ1n) is 10.5. The Morgan fingerprint density at radius 2 is 1.10 bits per heavy atom. The number of carbonyl (C=O) groups is 1. The monoisotopic (exact) mass is 288 g/mol. The first-order valence-corrected chi connectivity index (χ1v) is 8.49. The van der Waals surface area contributed by atoms with Gasteiger partial charge in [-0.25, -0.2) is 0 Å². The highest BCUT2D eigenvalue weighted by Crippen LogP contribution is 2.13. The molecule has 0 aromatic heterocycles. The molecule has 0 rings (SSSR count). The molecule has 0 saturated carbocycles. The molecule has 0 aromatic rings. The van der Waals surface area contributed by atoms with E-state index in [1.165, 1.54) is 57.8 Å². The third kappa shape index (κ3) is 17.5. The van der Waals surface area contributed by atoms with E-state index in [0.717, 1.165) is 19.3 Å². The molecule has 0 heterocycles. The summed E-state index contributed by atoms with van der Waals surface area (Å²) in [5.41, 5.74) is 0. The van der Waals surface area contributed by atoms with Gasteiger partial charge in [0.05, 0.1) is 0 Å². The van der Waals surface area contributed by atoms with Gasteiger partial charge in [-0.15, -0.1) is 0 Å². The smallest absolute Gasteiger partial charge is 0.303 e. The van der Waals surface area contributed by atoms with Gasteiger partial charge >= 0.3 is 5.97 Å². The zero-order chi connectivity index (χ0) is 18.5. The molecule has 0 atom stereocenters. The molecule has 0 bridgehead atoms. The van der Waals surface area contributed by atoms with Crippen LogP contribution in [-0.4, -0.2) is 11.1 Å². The average Bonchev–Trinajstić information content (AvgIpc) is 2.51. The molecule has 1 N–H and O–H groups in total. The number of carboxylic acid groups (broad SMARTS) is 1. The predicted molar refractivity (Wildman–Crippen MR) is 87.2 cm³/mol. The largest absolute Gasteiger partial charge is 0.481 e. The Labute approximate surface area is 132 Å². The van der Waals surface area contributed by atoms with Crippen molar-refractivity contribution in [2.24, 2.45) is 0 Å². The third-order valence-corrected chi connectivity index (χ3v) is 3.60. The molecule has 0 aliphatic rings. The number of rotatable bonds is 16. The summed E-state index contributed by atoms with van der Waals surface area (Å²) in [6, 6.07) is 0. The van der Waals surface area contributed by atoms with E-state index in [2.05, 4.69) is 6.92 Å². The Morgan fingerprint density at radius 3 is 1.45 bits per heavy atom. The number of aliphatic carboxylic acids is 1. The molecule has 0 saturated heterocycles. The van der Waals surface area contributed by atoms with Crippen LogP contribution < -0.4 is 0 Å². The summed E-state index contributed by atoms with van der Waals surface area (Å²) in [4.78, 5) is 10.8. The second-order valence-corrected chi connectivity index (χ2v) is 5.60. The summed E-state index contributed by atoms with van der Waals surface area (Å²) in [6.45, 7) is 2.23. The molecule has 0 amide bonds. The first kappa shape index (κ1) is 13.2. The molecule has 120 valence electrons. The molecule has 20 heavy (non-hydrogen) atoms. The first-order chi connectivity index (χ1) is 11.3. The van der Waals surface area contributed by atoms with E-state index < -0.39 is 18.7 Å². The highest BCUT2D eigenvalue weighted by Gasteiger charge is 1.97. The van der Waals surface area contributed by atoms with Gasteiger partial charge in [0.15, 0.2) is 0 Å². The van der Waals surface area contributed by atoms with Crippen molar-refractivity contribution in [1.29, 1.82) is 0 Å². The zero-order valence-electron chi connectivity index (χ0n) is 17.3. The van der Waals surface area contributed by atoms with Crippen molar-refractivity contribution in [3.8, 4) is 0 Å². The van der Waals surface area contributed by atoms with Gasteiger partial charge in [-0.1, -0.05) is 96.8 Å². The SMILES string of the molecule is [2H]C([2H])(CCCCCCCCCCCCCCC)C([2H])([2H])C(=O)O. The fraction of sp³-hybridized carbons (Fsp3) is 0.944. The lowest BCUT2D eigenvalue weighted by Crippen LogP contribution is -1.93. The fourth-order valence-electron chi connectivity index (χ4n) is 2.37. The van der Waals surface area contributed by atoms with Crippen LogP contribution in [0.15, 0.2) is 0 Å². The quantitative estimate of drug-likeness (QED) is 0.337. The molecule has 2 nitrogen and oxygen atoms in total. The Morgan fingerprint density at radius 1 is 0.750 bits per heavy atom. The molecule has 0 spiro atoms. The van der Waals surface area contributed by atoms with Gasteiger partial charge < -0.3 is 5.11 Å². The maximum atomic E-state index is 10.8. The average molecular weight is 289 g/mol. The lowest BCUT2D eigenvalue weighted by atomic mass is 10.0. The van der Waals surface area contributed by atoms with E-state index in [0.29, 0.717) is 6.42 Å². The normalized spacial score (nSPS) is 15.2. The van der Waals surface area contributed by atoms with Crippen molar-refractivity contribution in [2.75, 3.05) is 0 Å².